The van der Waals surface area contributed by atoms with Crippen molar-refractivity contribution in [3.8, 4) is 11.4 Å². The summed E-state index contributed by atoms with van der Waals surface area (Å²) in [4.78, 5) is 14.9. The van der Waals surface area contributed by atoms with Crippen molar-refractivity contribution in [2.24, 2.45) is 0 Å². The lowest BCUT2D eigenvalue weighted by molar-refractivity contribution is -0.143. The number of aromatic nitrogens is 1. The molecule has 192 valence electrons. The molecule has 1 amide bonds. The number of aliphatic hydroxyl groups excluding tert-OH is 1. The number of halogens is 3. The van der Waals surface area contributed by atoms with Gasteiger partial charge in [0.05, 0.1) is 23.6 Å². The number of hydrogen-bond donors (Lipinski definition) is 2. The third kappa shape index (κ3) is 3.96. The van der Waals surface area contributed by atoms with Gasteiger partial charge in [0.2, 0.25) is 0 Å². The molecule has 3 aromatic rings. The van der Waals surface area contributed by atoms with Gasteiger partial charge in [-0.2, -0.15) is 13.2 Å². The van der Waals surface area contributed by atoms with Crippen LogP contribution in [0, 0.1) is 0 Å². The molecular weight excluding hydrogens is 473 g/mol. The molecule has 2 aliphatic rings. The Kier molecular flexibility index (Phi) is 5.68. The van der Waals surface area contributed by atoms with Gasteiger partial charge in [-0.15, -0.1) is 0 Å². The lowest BCUT2D eigenvalue weighted by atomic mass is 9.86. The van der Waals surface area contributed by atoms with Crippen molar-refractivity contribution in [1.82, 2.24) is 9.47 Å². The van der Waals surface area contributed by atoms with E-state index in [0.29, 0.717) is 46.7 Å². The minimum Gasteiger partial charge on any atom is -0.479 e. The maximum atomic E-state index is 13.8. The van der Waals surface area contributed by atoms with Gasteiger partial charge in [-0.3, -0.25) is 4.79 Å². The summed E-state index contributed by atoms with van der Waals surface area (Å²) < 4.78 is 49.1. The Morgan fingerprint density at radius 3 is 2.42 bits per heavy atom. The van der Waals surface area contributed by atoms with Crippen LogP contribution in [0.4, 0.5) is 13.2 Å². The summed E-state index contributed by atoms with van der Waals surface area (Å²) in [5.74, 6) is 0.130. The summed E-state index contributed by atoms with van der Waals surface area (Å²) in [7, 11) is 0. The maximum absolute atomic E-state index is 13.8. The fourth-order valence-corrected chi connectivity index (χ4v) is 5.33. The summed E-state index contributed by atoms with van der Waals surface area (Å²) in [6.07, 6.45) is -3.88. The molecule has 6 nitrogen and oxygen atoms in total. The zero-order chi connectivity index (χ0) is 25.9. The van der Waals surface area contributed by atoms with Crippen LogP contribution in [-0.4, -0.2) is 38.7 Å². The predicted molar refractivity (Wildman–Crippen MR) is 128 cm³/mol. The minimum absolute atomic E-state index is 0. The quantitative estimate of drug-likeness (QED) is 0.530. The first-order valence-corrected chi connectivity index (χ1v) is 11.8. The fraction of sp³-hybridized carbons (Fsp3) is 0.370. The molecule has 2 aliphatic heterocycles. The van der Waals surface area contributed by atoms with E-state index in [0.717, 1.165) is 6.07 Å². The van der Waals surface area contributed by atoms with Crippen molar-refractivity contribution in [2.75, 3.05) is 13.1 Å². The molecule has 0 radical (unpaired) electrons. The number of para-hydroxylation sites is 2. The van der Waals surface area contributed by atoms with Crippen molar-refractivity contribution in [2.45, 2.75) is 50.7 Å². The summed E-state index contributed by atoms with van der Waals surface area (Å²) in [5.41, 5.74) is -0.766. The number of hydrogen-bond acceptors (Lipinski definition) is 4. The second kappa shape index (κ2) is 8.38. The number of piperidine rings is 1. The summed E-state index contributed by atoms with van der Waals surface area (Å²) >= 11 is 0. The highest BCUT2D eigenvalue weighted by Crippen LogP contribution is 2.48. The standard InChI is InChI=1S/C27H27F3N2O4.H2/c1-25(2,35)19-8-7-17(15-18(19)16-33)24(34)31-13-11-26(12-14-31)22-9-10-23(27(28,29)30)32(22)20-5-3-4-6-21(20)36-26;/h3-10,15,33,35H,11-14,16H2,1-2H3;1H. The third-order valence-electron chi connectivity index (χ3n) is 7.09. The monoisotopic (exact) mass is 502 g/mol. The predicted octanol–water partition coefficient (Wildman–Crippen LogP) is 4.99. The number of ether oxygens (including phenoxy) is 1. The van der Waals surface area contributed by atoms with Crippen LogP contribution in [0.25, 0.3) is 5.69 Å². The molecule has 0 bridgehead atoms. The van der Waals surface area contributed by atoms with Gasteiger partial charge in [0.1, 0.15) is 11.4 Å². The SMILES string of the molecule is CC(C)(O)c1ccc(C(=O)N2CCC3(CC2)Oc2ccccc2-n2c(C(F)(F)F)ccc23)cc1CO.[HH]. The van der Waals surface area contributed by atoms with Crippen LogP contribution in [-0.2, 0) is 24.0 Å². The molecule has 0 atom stereocenters. The average molecular weight is 503 g/mol. The van der Waals surface area contributed by atoms with Crippen LogP contribution in [0.15, 0.2) is 54.6 Å². The molecule has 2 N–H and O–H groups in total. The normalized spacial score (nSPS) is 16.9. The molecule has 1 spiro atoms. The van der Waals surface area contributed by atoms with Crippen LogP contribution in [0.5, 0.6) is 5.75 Å². The van der Waals surface area contributed by atoms with Crippen molar-refractivity contribution in [1.29, 1.82) is 0 Å². The van der Waals surface area contributed by atoms with Crippen molar-refractivity contribution >= 4 is 5.91 Å². The Bertz CT molecular complexity index is 1320. The van der Waals surface area contributed by atoms with E-state index < -0.39 is 23.1 Å². The van der Waals surface area contributed by atoms with E-state index in [1.807, 2.05) is 0 Å². The number of amides is 1. The van der Waals surface area contributed by atoms with Gasteiger partial charge < -0.3 is 24.4 Å². The molecule has 0 aliphatic carbocycles. The average Bonchev–Trinajstić information content (AvgIpc) is 3.31. The maximum Gasteiger partial charge on any atom is 0.431 e. The van der Waals surface area contributed by atoms with Crippen LogP contribution in [0.1, 0.15) is 61.0 Å². The van der Waals surface area contributed by atoms with Crippen LogP contribution in [0.2, 0.25) is 0 Å². The highest BCUT2D eigenvalue weighted by molar-refractivity contribution is 5.94. The topological polar surface area (TPSA) is 74.9 Å². The number of carbonyl (C=O) groups excluding carboxylic acids is 1. The first-order valence-electron chi connectivity index (χ1n) is 11.8. The molecule has 3 heterocycles. The first-order chi connectivity index (χ1) is 16.9. The molecule has 0 unspecified atom stereocenters. The van der Waals surface area contributed by atoms with Gasteiger partial charge in [-0.25, -0.2) is 0 Å². The van der Waals surface area contributed by atoms with Crippen molar-refractivity contribution in [3.05, 3.63) is 82.7 Å². The number of alkyl halides is 3. The number of likely N-dealkylation sites (tertiary alicyclic amines) is 1. The molecule has 1 aromatic heterocycles. The molecule has 36 heavy (non-hydrogen) atoms. The van der Waals surface area contributed by atoms with E-state index >= 15 is 0 Å². The zero-order valence-corrected chi connectivity index (χ0v) is 20.0. The Morgan fingerprint density at radius 1 is 1.08 bits per heavy atom. The van der Waals surface area contributed by atoms with E-state index in [1.165, 1.54) is 10.6 Å². The highest BCUT2D eigenvalue weighted by atomic mass is 19.4. The second-order valence-corrected chi connectivity index (χ2v) is 9.88. The van der Waals surface area contributed by atoms with E-state index in [9.17, 15) is 28.2 Å². The molecular formula is C27H29F3N2O4. The van der Waals surface area contributed by atoms with E-state index in [-0.39, 0.29) is 27.0 Å². The third-order valence-corrected chi connectivity index (χ3v) is 7.09. The molecule has 5 rings (SSSR count). The molecule has 0 saturated carbocycles. The van der Waals surface area contributed by atoms with Gasteiger partial charge in [0.25, 0.3) is 5.91 Å². The van der Waals surface area contributed by atoms with Gasteiger partial charge in [-0.05, 0) is 61.4 Å². The Hall–Kier alpha value is -3.30. The number of nitrogens with zero attached hydrogens (tertiary/aromatic N) is 2. The molecule has 2 aromatic carbocycles. The van der Waals surface area contributed by atoms with E-state index in [4.69, 9.17) is 4.74 Å². The smallest absolute Gasteiger partial charge is 0.431 e. The lowest BCUT2D eigenvalue weighted by Crippen LogP contribution is -2.50. The molecule has 9 heteroatoms. The van der Waals surface area contributed by atoms with Gasteiger partial charge >= 0.3 is 6.18 Å². The first kappa shape index (κ1) is 24.4. The van der Waals surface area contributed by atoms with Crippen LogP contribution in [0.3, 0.4) is 0 Å². The van der Waals surface area contributed by atoms with Crippen molar-refractivity contribution in [3.63, 3.8) is 0 Å². The van der Waals surface area contributed by atoms with Crippen molar-refractivity contribution < 1.29 is 34.3 Å². The minimum atomic E-state index is -4.53. The van der Waals surface area contributed by atoms with Gasteiger partial charge in [0, 0.05) is 32.9 Å². The van der Waals surface area contributed by atoms with Crippen LogP contribution < -0.4 is 4.74 Å². The number of carbonyl (C=O) groups is 1. The summed E-state index contributed by atoms with van der Waals surface area (Å²) in [6.45, 7) is 3.46. The fourth-order valence-electron chi connectivity index (χ4n) is 5.33. The lowest BCUT2D eigenvalue weighted by Gasteiger charge is -2.45. The van der Waals surface area contributed by atoms with Crippen LogP contribution >= 0.6 is 0 Å². The second-order valence-electron chi connectivity index (χ2n) is 9.88. The highest BCUT2D eigenvalue weighted by Gasteiger charge is 2.48. The van der Waals surface area contributed by atoms with E-state index in [2.05, 4.69) is 0 Å². The summed E-state index contributed by atoms with van der Waals surface area (Å²) in [6, 6.07) is 14.1. The number of rotatable bonds is 3. The molecule has 1 saturated heterocycles. The number of fused-ring (bicyclic) bond motifs is 4. The van der Waals surface area contributed by atoms with Gasteiger partial charge in [-0.1, -0.05) is 18.2 Å². The van der Waals surface area contributed by atoms with E-state index in [1.54, 1.807) is 61.2 Å². The largest absolute Gasteiger partial charge is 0.479 e. The zero-order valence-electron chi connectivity index (χ0n) is 20.0. The summed E-state index contributed by atoms with van der Waals surface area (Å²) in [5, 5.41) is 20.1. The Morgan fingerprint density at radius 2 is 1.78 bits per heavy atom. The molecule has 1 fully saturated rings. The number of aliphatic hydroxyl groups is 2. The van der Waals surface area contributed by atoms with Gasteiger partial charge in [0.15, 0.2) is 5.60 Å². The number of benzene rings is 2. The Labute approximate surface area is 208 Å². The Balaban J connectivity index is 0.00000320.